The summed E-state index contributed by atoms with van der Waals surface area (Å²) in [5, 5.41) is 2.98. The van der Waals surface area contributed by atoms with Crippen LogP contribution in [0.2, 0.25) is 0 Å². The van der Waals surface area contributed by atoms with Gasteiger partial charge < -0.3 is 5.32 Å². The first-order chi connectivity index (χ1) is 9.74. The van der Waals surface area contributed by atoms with Crippen LogP contribution in [-0.4, -0.2) is 15.9 Å². The monoisotopic (exact) mass is 267 g/mol. The molecule has 1 atom stereocenters. The Morgan fingerprint density at radius 3 is 2.75 bits per heavy atom. The number of hydrogen-bond donors (Lipinski definition) is 1. The topological polar surface area (TPSA) is 54.9 Å². The lowest BCUT2D eigenvalue weighted by Gasteiger charge is -2.12. The number of carbonyl (C=O) groups excluding carboxylic acids is 1. The maximum Gasteiger partial charge on any atom is 0.231 e. The zero-order chi connectivity index (χ0) is 13.9. The molecular formula is C16H17N3O. The lowest BCUT2D eigenvalue weighted by molar-refractivity contribution is -0.117. The van der Waals surface area contributed by atoms with E-state index in [1.807, 2.05) is 13.0 Å². The van der Waals surface area contributed by atoms with Crippen molar-refractivity contribution < 1.29 is 4.79 Å². The van der Waals surface area contributed by atoms with Gasteiger partial charge in [-0.15, -0.1) is 0 Å². The van der Waals surface area contributed by atoms with E-state index in [-0.39, 0.29) is 11.8 Å². The van der Waals surface area contributed by atoms with Crippen molar-refractivity contribution in [3.05, 3.63) is 53.6 Å². The van der Waals surface area contributed by atoms with Gasteiger partial charge in [-0.3, -0.25) is 4.79 Å². The molecule has 0 fully saturated rings. The molecule has 0 saturated carbocycles. The van der Waals surface area contributed by atoms with Crippen molar-refractivity contribution in [3.63, 3.8) is 0 Å². The minimum atomic E-state index is -0.260. The van der Waals surface area contributed by atoms with E-state index in [4.69, 9.17) is 0 Å². The number of hydrogen-bond acceptors (Lipinski definition) is 3. The van der Waals surface area contributed by atoms with Crippen molar-refractivity contribution in [2.24, 2.45) is 0 Å². The minimum absolute atomic E-state index is 0.0299. The molecular weight excluding hydrogens is 250 g/mol. The third kappa shape index (κ3) is 2.54. The first-order valence-electron chi connectivity index (χ1n) is 6.91. The average molecular weight is 267 g/mol. The minimum Gasteiger partial charge on any atom is -0.326 e. The maximum absolute atomic E-state index is 12.2. The molecule has 102 valence electrons. The van der Waals surface area contributed by atoms with Crippen LogP contribution < -0.4 is 5.32 Å². The Hall–Kier alpha value is -2.23. The van der Waals surface area contributed by atoms with Gasteiger partial charge in [0.1, 0.15) is 6.33 Å². The molecule has 2 aromatic rings. The quantitative estimate of drug-likeness (QED) is 0.930. The summed E-state index contributed by atoms with van der Waals surface area (Å²) in [5.41, 5.74) is 4.47. The lowest BCUT2D eigenvalue weighted by Crippen LogP contribution is -2.19. The fourth-order valence-corrected chi connectivity index (χ4v) is 2.59. The Morgan fingerprint density at radius 1 is 1.20 bits per heavy atom. The van der Waals surface area contributed by atoms with Gasteiger partial charge in [0.15, 0.2) is 0 Å². The molecule has 1 aromatic carbocycles. The largest absolute Gasteiger partial charge is 0.326 e. The van der Waals surface area contributed by atoms with Crippen LogP contribution in [0.1, 0.15) is 36.0 Å². The molecule has 4 heteroatoms. The molecule has 1 aromatic heterocycles. The second-order valence-electron chi connectivity index (χ2n) is 5.22. The average Bonchev–Trinajstić information content (AvgIpc) is 2.95. The zero-order valence-corrected chi connectivity index (χ0v) is 11.5. The van der Waals surface area contributed by atoms with Gasteiger partial charge >= 0.3 is 0 Å². The summed E-state index contributed by atoms with van der Waals surface area (Å²) >= 11 is 0. The van der Waals surface area contributed by atoms with E-state index in [1.54, 1.807) is 12.4 Å². The molecule has 1 heterocycles. The Labute approximate surface area is 118 Å². The summed E-state index contributed by atoms with van der Waals surface area (Å²) in [6.07, 6.45) is 8.31. The molecule has 0 radical (unpaired) electrons. The molecule has 1 amide bonds. The van der Waals surface area contributed by atoms with Crippen molar-refractivity contribution in [3.8, 4) is 0 Å². The number of fused-ring (bicyclic) bond motifs is 1. The van der Waals surface area contributed by atoms with Crippen LogP contribution in [0.4, 0.5) is 5.69 Å². The number of nitrogens with zero attached hydrogens (tertiary/aromatic N) is 2. The fourth-order valence-electron chi connectivity index (χ4n) is 2.59. The second kappa shape index (κ2) is 5.41. The van der Waals surface area contributed by atoms with Gasteiger partial charge in [-0.2, -0.15) is 0 Å². The van der Waals surface area contributed by atoms with Crippen LogP contribution in [0.5, 0.6) is 0 Å². The maximum atomic E-state index is 12.2. The lowest BCUT2D eigenvalue weighted by atomic mass is 10.0. The van der Waals surface area contributed by atoms with Gasteiger partial charge in [0, 0.05) is 23.6 Å². The summed E-state index contributed by atoms with van der Waals surface area (Å²) < 4.78 is 0. The summed E-state index contributed by atoms with van der Waals surface area (Å²) in [6.45, 7) is 1.86. The summed E-state index contributed by atoms with van der Waals surface area (Å²) in [4.78, 5) is 20.1. The molecule has 4 nitrogen and oxygen atoms in total. The second-order valence-corrected chi connectivity index (χ2v) is 5.22. The van der Waals surface area contributed by atoms with Gasteiger partial charge in [0.05, 0.1) is 5.92 Å². The third-order valence-corrected chi connectivity index (χ3v) is 3.84. The predicted molar refractivity (Wildman–Crippen MR) is 77.5 cm³/mol. The first kappa shape index (κ1) is 12.8. The van der Waals surface area contributed by atoms with E-state index >= 15 is 0 Å². The van der Waals surface area contributed by atoms with Gasteiger partial charge in [0.25, 0.3) is 0 Å². The van der Waals surface area contributed by atoms with Crippen molar-refractivity contribution in [1.29, 1.82) is 0 Å². The number of benzene rings is 1. The number of aromatic nitrogens is 2. The molecule has 0 spiro atoms. The molecule has 0 saturated heterocycles. The smallest absolute Gasteiger partial charge is 0.231 e. The molecule has 1 unspecified atom stereocenters. The Balaban J connectivity index is 1.73. The molecule has 1 N–H and O–H groups in total. The van der Waals surface area contributed by atoms with Gasteiger partial charge in [-0.05, 0) is 49.4 Å². The number of aryl methyl sites for hydroxylation is 2. The van der Waals surface area contributed by atoms with Crippen molar-refractivity contribution in [2.75, 3.05) is 5.32 Å². The van der Waals surface area contributed by atoms with E-state index in [9.17, 15) is 4.79 Å². The normalized spacial score (nSPS) is 14.7. The highest BCUT2D eigenvalue weighted by Gasteiger charge is 2.17. The van der Waals surface area contributed by atoms with Gasteiger partial charge in [-0.25, -0.2) is 9.97 Å². The Bertz CT molecular complexity index is 625. The third-order valence-electron chi connectivity index (χ3n) is 3.84. The number of amides is 1. The van der Waals surface area contributed by atoms with Crippen LogP contribution in [-0.2, 0) is 17.6 Å². The highest BCUT2D eigenvalue weighted by molar-refractivity contribution is 5.95. The van der Waals surface area contributed by atoms with Gasteiger partial charge in [-0.1, -0.05) is 6.07 Å². The number of carbonyl (C=O) groups is 1. The van der Waals surface area contributed by atoms with E-state index in [2.05, 4.69) is 27.4 Å². The summed E-state index contributed by atoms with van der Waals surface area (Å²) in [7, 11) is 0. The van der Waals surface area contributed by atoms with Crippen LogP contribution in [0.15, 0.2) is 36.9 Å². The number of anilines is 1. The Morgan fingerprint density at radius 2 is 1.95 bits per heavy atom. The standard InChI is InChI=1S/C16H17N3O/c1-11(14-8-17-10-18-9-14)16(20)19-15-6-5-12-3-2-4-13(12)7-15/h5-11H,2-4H2,1H3,(H,19,20). The predicted octanol–water partition coefficient (Wildman–Crippen LogP) is 2.71. The summed E-state index contributed by atoms with van der Waals surface area (Å²) in [5.74, 6) is -0.290. The van der Waals surface area contributed by atoms with Crippen LogP contribution in [0, 0.1) is 0 Å². The van der Waals surface area contributed by atoms with Crippen LogP contribution in [0.3, 0.4) is 0 Å². The highest BCUT2D eigenvalue weighted by atomic mass is 16.1. The van der Waals surface area contributed by atoms with E-state index in [1.165, 1.54) is 23.9 Å². The highest BCUT2D eigenvalue weighted by Crippen LogP contribution is 2.25. The first-order valence-corrected chi connectivity index (χ1v) is 6.91. The van der Waals surface area contributed by atoms with Gasteiger partial charge in [0.2, 0.25) is 5.91 Å². The molecule has 3 rings (SSSR count). The molecule has 0 bridgehead atoms. The number of nitrogens with one attached hydrogen (secondary N) is 1. The molecule has 20 heavy (non-hydrogen) atoms. The molecule has 0 aliphatic heterocycles. The number of rotatable bonds is 3. The van der Waals surface area contributed by atoms with E-state index in [0.29, 0.717) is 0 Å². The van der Waals surface area contributed by atoms with Crippen molar-refractivity contribution >= 4 is 11.6 Å². The molecule has 1 aliphatic carbocycles. The zero-order valence-electron chi connectivity index (χ0n) is 11.5. The van der Waals surface area contributed by atoms with Crippen molar-refractivity contribution in [1.82, 2.24) is 9.97 Å². The van der Waals surface area contributed by atoms with E-state index < -0.39 is 0 Å². The van der Waals surface area contributed by atoms with Crippen LogP contribution >= 0.6 is 0 Å². The Kier molecular flexibility index (Phi) is 3.46. The van der Waals surface area contributed by atoms with Crippen molar-refractivity contribution in [2.45, 2.75) is 32.1 Å². The van der Waals surface area contributed by atoms with Crippen LogP contribution in [0.25, 0.3) is 0 Å². The molecule has 1 aliphatic rings. The van der Waals surface area contributed by atoms with E-state index in [0.717, 1.165) is 24.1 Å². The SMILES string of the molecule is CC(C(=O)Nc1ccc2c(c1)CCC2)c1cncnc1. The summed E-state index contributed by atoms with van der Waals surface area (Å²) in [6, 6.07) is 6.19. The fraction of sp³-hybridized carbons (Fsp3) is 0.312.